The summed E-state index contributed by atoms with van der Waals surface area (Å²) in [5.41, 5.74) is 2.18. The van der Waals surface area contributed by atoms with E-state index in [0.29, 0.717) is 17.7 Å². The Hall–Kier alpha value is -2.67. The fourth-order valence-corrected chi connectivity index (χ4v) is 3.38. The van der Waals surface area contributed by atoms with Gasteiger partial charge in [-0.1, -0.05) is 19.1 Å². The van der Waals surface area contributed by atoms with Gasteiger partial charge < -0.3 is 10.4 Å². The summed E-state index contributed by atoms with van der Waals surface area (Å²) in [6.45, 7) is 3.27. The van der Waals surface area contributed by atoms with Gasteiger partial charge in [0.1, 0.15) is 0 Å². The fraction of sp³-hybridized carbons (Fsp3) is 0.263. The molecular weight excluding hydrogens is 354 g/mol. The third-order valence-corrected chi connectivity index (χ3v) is 5.79. The number of amides is 1. The van der Waals surface area contributed by atoms with Crippen molar-refractivity contribution in [1.29, 1.82) is 0 Å². The zero-order chi connectivity index (χ0) is 19.3. The number of carboxylic acids is 1. The lowest BCUT2D eigenvalue weighted by molar-refractivity contribution is -0.116. The molecule has 7 heteroatoms. The number of hydrogen-bond acceptors (Lipinski definition) is 4. The van der Waals surface area contributed by atoms with E-state index in [-0.39, 0.29) is 28.5 Å². The van der Waals surface area contributed by atoms with Crippen LogP contribution >= 0.6 is 0 Å². The van der Waals surface area contributed by atoms with Gasteiger partial charge in [0.2, 0.25) is 5.91 Å². The van der Waals surface area contributed by atoms with E-state index in [9.17, 15) is 18.0 Å². The molecule has 138 valence electrons. The highest BCUT2D eigenvalue weighted by Gasteiger charge is 2.12. The van der Waals surface area contributed by atoms with Gasteiger partial charge in [0.25, 0.3) is 0 Å². The summed E-state index contributed by atoms with van der Waals surface area (Å²) in [5.74, 6) is -1.15. The van der Waals surface area contributed by atoms with Crippen LogP contribution in [0.4, 0.5) is 5.69 Å². The lowest BCUT2D eigenvalue weighted by atomic mass is 10.1. The number of aryl methyl sites for hydroxylation is 2. The maximum Gasteiger partial charge on any atom is 0.335 e. The Morgan fingerprint density at radius 2 is 1.73 bits per heavy atom. The SMILES string of the molecule is CCS(=O)(=O)c1ccc(CCC(=O)Nc2ccc(C(=O)O)c(C)c2)cc1. The molecule has 0 aliphatic heterocycles. The zero-order valence-electron chi connectivity index (χ0n) is 14.7. The highest BCUT2D eigenvalue weighted by Crippen LogP contribution is 2.17. The molecule has 6 nitrogen and oxygen atoms in total. The Morgan fingerprint density at radius 1 is 1.08 bits per heavy atom. The van der Waals surface area contributed by atoms with Crippen LogP contribution in [0.5, 0.6) is 0 Å². The van der Waals surface area contributed by atoms with Gasteiger partial charge in [0.05, 0.1) is 16.2 Å². The summed E-state index contributed by atoms with van der Waals surface area (Å²) >= 11 is 0. The predicted molar refractivity (Wildman–Crippen MR) is 99.3 cm³/mol. The second kappa shape index (κ2) is 8.14. The summed E-state index contributed by atoms with van der Waals surface area (Å²) in [6, 6.07) is 11.2. The van der Waals surface area contributed by atoms with Gasteiger partial charge >= 0.3 is 5.97 Å². The molecule has 2 N–H and O–H groups in total. The summed E-state index contributed by atoms with van der Waals surface area (Å²) in [6.07, 6.45) is 0.712. The number of carboxylic acid groups (broad SMARTS) is 1. The molecule has 0 bridgehead atoms. The number of nitrogens with one attached hydrogen (secondary N) is 1. The molecule has 0 saturated heterocycles. The van der Waals surface area contributed by atoms with Crippen molar-refractivity contribution in [3.8, 4) is 0 Å². The first-order chi connectivity index (χ1) is 12.2. The largest absolute Gasteiger partial charge is 0.478 e. The Balaban J connectivity index is 1.95. The normalized spacial score (nSPS) is 11.2. The van der Waals surface area contributed by atoms with Crippen LogP contribution in [0.2, 0.25) is 0 Å². The van der Waals surface area contributed by atoms with Gasteiger partial charge in [-0.25, -0.2) is 13.2 Å². The smallest absolute Gasteiger partial charge is 0.335 e. The molecule has 0 aliphatic rings. The van der Waals surface area contributed by atoms with Crippen LogP contribution in [0.15, 0.2) is 47.4 Å². The van der Waals surface area contributed by atoms with E-state index < -0.39 is 15.8 Å². The quantitative estimate of drug-likeness (QED) is 0.775. The van der Waals surface area contributed by atoms with E-state index in [1.54, 1.807) is 50.2 Å². The van der Waals surface area contributed by atoms with E-state index in [2.05, 4.69) is 5.32 Å². The molecule has 2 aromatic carbocycles. The number of hydrogen-bond donors (Lipinski definition) is 2. The molecule has 0 radical (unpaired) electrons. The van der Waals surface area contributed by atoms with Gasteiger partial charge in [-0.15, -0.1) is 0 Å². The summed E-state index contributed by atoms with van der Waals surface area (Å²) in [4.78, 5) is 23.3. The van der Waals surface area contributed by atoms with Crippen molar-refractivity contribution in [3.05, 3.63) is 59.2 Å². The van der Waals surface area contributed by atoms with Crippen LogP contribution in [-0.2, 0) is 21.1 Å². The van der Waals surface area contributed by atoms with Crippen LogP contribution in [0, 0.1) is 6.92 Å². The van der Waals surface area contributed by atoms with Crippen LogP contribution in [0.3, 0.4) is 0 Å². The number of carbonyl (C=O) groups is 2. The average molecular weight is 375 g/mol. The highest BCUT2D eigenvalue weighted by atomic mass is 32.2. The molecule has 2 rings (SSSR count). The van der Waals surface area contributed by atoms with E-state index in [0.717, 1.165) is 5.56 Å². The predicted octanol–water partition coefficient (Wildman–Crippen LogP) is 3.06. The Morgan fingerprint density at radius 3 is 2.27 bits per heavy atom. The molecular formula is C19H21NO5S. The van der Waals surface area contributed by atoms with Gasteiger partial charge in [0, 0.05) is 12.1 Å². The Labute approximate surface area is 152 Å². The summed E-state index contributed by atoms with van der Waals surface area (Å²) < 4.78 is 23.5. The summed E-state index contributed by atoms with van der Waals surface area (Å²) in [5, 5.41) is 11.7. The van der Waals surface area contributed by atoms with Crippen molar-refractivity contribution in [2.45, 2.75) is 31.6 Å². The van der Waals surface area contributed by atoms with Crippen molar-refractivity contribution in [1.82, 2.24) is 0 Å². The van der Waals surface area contributed by atoms with E-state index >= 15 is 0 Å². The van der Waals surface area contributed by atoms with E-state index in [4.69, 9.17) is 5.11 Å². The lowest BCUT2D eigenvalue weighted by Crippen LogP contribution is -2.13. The molecule has 26 heavy (non-hydrogen) atoms. The first-order valence-corrected chi connectivity index (χ1v) is 9.83. The highest BCUT2D eigenvalue weighted by molar-refractivity contribution is 7.91. The third-order valence-electron chi connectivity index (χ3n) is 4.04. The van der Waals surface area contributed by atoms with Crippen molar-refractivity contribution in [2.75, 3.05) is 11.1 Å². The molecule has 0 fully saturated rings. The molecule has 0 unspecified atom stereocenters. The minimum absolute atomic E-state index is 0.0504. The van der Waals surface area contributed by atoms with Crippen molar-refractivity contribution in [3.63, 3.8) is 0 Å². The number of anilines is 1. The Bertz CT molecular complexity index is 917. The minimum Gasteiger partial charge on any atom is -0.478 e. The zero-order valence-corrected chi connectivity index (χ0v) is 15.5. The molecule has 1 amide bonds. The number of rotatable bonds is 7. The van der Waals surface area contributed by atoms with E-state index in [1.807, 2.05) is 0 Å². The van der Waals surface area contributed by atoms with Gasteiger partial charge in [-0.2, -0.15) is 0 Å². The standard InChI is InChI=1S/C19H21NO5S/c1-3-26(24,25)16-8-4-14(5-9-16)6-11-18(21)20-15-7-10-17(19(22)23)13(2)12-15/h4-5,7-10,12H,3,6,11H2,1-2H3,(H,20,21)(H,22,23). The average Bonchev–Trinajstić information content (AvgIpc) is 2.60. The van der Waals surface area contributed by atoms with Crippen molar-refractivity contribution < 1.29 is 23.1 Å². The molecule has 0 saturated carbocycles. The van der Waals surface area contributed by atoms with Gasteiger partial charge in [0.15, 0.2) is 9.84 Å². The first-order valence-electron chi connectivity index (χ1n) is 8.18. The number of carbonyl (C=O) groups excluding carboxylic acids is 1. The maximum atomic E-state index is 12.1. The maximum absolute atomic E-state index is 12.1. The number of sulfone groups is 1. The minimum atomic E-state index is -3.22. The molecule has 0 heterocycles. The number of aromatic carboxylic acids is 1. The van der Waals surface area contributed by atoms with Crippen molar-refractivity contribution in [2.24, 2.45) is 0 Å². The monoisotopic (exact) mass is 375 g/mol. The molecule has 0 aromatic heterocycles. The van der Waals surface area contributed by atoms with Crippen LogP contribution in [0.1, 0.15) is 34.8 Å². The molecule has 2 aromatic rings. The first kappa shape index (κ1) is 19.7. The van der Waals surface area contributed by atoms with Gasteiger partial charge in [-0.05, 0) is 54.8 Å². The van der Waals surface area contributed by atoms with Crippen LogP contribution < -0.4 is 5.32 Å². The molecule has 0 aliphatic carbocycles. The Kier molecular flexibility index (Phi) is 6.15. The summed E-state index contributed by atoms with van der Waals surface area (Å²) in [7, 11) is -3.22. The molecule has 0 atom stereocenters. The fourth-order valence-electron chi connectivity index (χ4n) is 2.49. The molecule has 0 spiro atoms. The second-order valence-electron chi connectivity index (χ2n) is 5.93. The van der Waals surface area contributed by atoms with Crippen molar-refractivity contribution >= 4 is 27.4 Å². The van der Waals surface area contributed by atoms with Crippen LogP contribution in [0.25, 0.3) is 0 Å². The van der Waals surface area contributed by atoms with Crippen LogP contribution in [-0.4, -0.2) is 31.2 Å². The van der Waals surface area contributed by atoms with Gasteiger partial charge in [-0.3, -0.25) is 4.79 Å². The third kappa shape index (κ3) is 4.92. The second-order valence-corrected chi connectivity index (χ2v) is 8.21. The van der Waals surface area contributed by atoms with E-state index in [1.165, 1.54) is 6.07 Å². The number of benzene rings is 2. The topological polar surface area (TPSA) is 101 Å². The lowest BCUT2D eigenvalue weighted by Gasteiger charge is -2.08.